The van der Waals surface area contributed by atoms with Crippen LogP contribution in [0.15, 0.2) is 54.2 Å². The average Bonchev–Trinajstić information content (AvgIpc) is 3.04. The quantitative estimate of drug-likeness (QED) is 0.678. The number of nitrogens with one attached hydrogen (secondary N) is 2. The molecule has 166 valence electrons. The van der Waals surface area contributed by atoms with Gasteiger partial charge in [-0.3, -0.25) is 19.3 Å². The van der Waals surface area contributed by atoms with E-state index in [9.17, 15) is 14.4 Å². The van der Waals surface area contributed by atoms with Gasteiger partial charge in [0, 0.05) is 43.6 Å². The molecule has 2 aromatic carbocycles. The maximum absolute atomic E-state index is 13.0. The van der Waals surface area contributed by atoms with Crippen LogP contribution in [0.2, 0.25) is 0 Å². The zero-order valence-electron chi connectivity index (χ0n) is 18.5. The van der Waals surface area contributed by atoms with Crippen LogP contribution >= 0.6 is 0 Å². The van der Waals surface area contributed by atoms with Crippen molar-refractivity contribution in [2.24, 2.45) is 0 Å². The summed E-state index contributed by atoms with van der Waals surface area (Å²) in [5.41, 5.74) is 3.80. The summed E-state index contributed by atoms with van der Waals surface area (Å²) >= 11 is 0. The molecule has 0 aromatic heterocycles. The zero-order chi connectivity index (χ0) is 22.7. The minimum Gasteiger partial charge on any atom is -0.372 e. The van der Waals surface area contributed by atoms with Crippen molar-refractivity contribution in [3.63, 3.8) is 0 Å². The van der Waals surface area contributed by atoms with Gasteiger partial charge in [0.05, 0.1) is 5.57 Å². The van der Waals surface area contributed by atoms with Crippen molar-refractivity contribution in [1.29, 1.82) is 0 Å². The van der Waals surface area contributed by atoms with Crippen molar-refractivity contribution in [1.82, 2.24) is 4.90 Å². The summed E-state index contributed by atoms with van der Waals surface area (Å²) in [7, 11) is 0. The van der Waals surface area contributed by atoms with Crippen molar-refractivity contribution in [3.05, 3.63) is 59.8 Å². The van der Waals surface area contributed by atoms with Crippen LogP contribution in [0.1, 0.15) is 38.7 Å². The van der Waals surface area contributed by atoms with E-state index in [1.54, 1.807) is 31.2 Å². The predicted octanol–water partition coefficient (Wildman–Crippen LogP) is 3.85. The molecule has 4 rings (SSSR count). The van der Waals surface area contributed by atoms with Crippen molar-refractivity contribution in [3.8, 4) is 0 Å². The monoisotopic (exact) mass is 432 g/mol. The minimum atomic E-state index is -0.335. The highest BCUT2D eigenvalue weighted by atomic mass is 16.2. The standard InChI is InChI=1S/C25H28N4O3/c1-3-29-24(31)22(18-7-9-19(10-8-18)26-17(2)30)23(25(29)32)27-20-11-13-21(14-12-20)28-15-5-4-6-16-28/h7-14,27H,3-6,15-16H2,1-2H3,(H,26,30). The number of rotatable bonds is 6. The number of hydrogen-bond acceptors (Lipinski definition) is 5. The molecule has 0 unspecified atom stereocenters. The Kier molecular flexibility index (Phi) is 6.25. The summed E-state index contributed by atoms with van der Waals surface area (Å²) in [6.07, 6.45) is 3.70. The number of carbonyl (C=O) groups is 3. The maximum Gasteiger partial charge on any atom is 0.278 e. The van der Waals surface area contributed by atoms with Crippen molar-refractivity contribution in [2.45, 2.75) is 33.1 Å². The van der Waals surface area contributed by atoms with Gasteiger partial charge in [0.2, 0.25) is 5.91 Å². The molecule has 1 fully saturated rings. The predicted molar refractivity (Wildman–Crippen MR) is 126 cm³/mol. The molecule has 2 aromatic rings. The van der Waals surface area contributed by atoms with Gasteiger partial charge in [-0.15, -0.1) is 0 Å². The maximum atomic E-state index is 13.0. The summed E-state index contributed by atoms with van der Waals surface area (Å²) in [6, 6.07) is 14.9. The third-order valence-electron chi connectivity index (χ3n) is 5.84. The van der Waals surface area contributed by atoms with Crippen LogP contribution in [-0.2, 0) is 14.4 Å². The van der Waals surface area contributed by atoms with Gasteiger partial charge >= 0.3 is 0 Å². The van der Waals surface area contributed by atoms with E-state index in [4.69, 9.17) is 0 Å². The van der Waals surface area contributed by atoms with Crippen LogP contribution in [0.25, 0.3) is 5.57 Å². The Morgan fingerprint density at radius 3 is 2.09 bits per heavy atom. The number of hydrogen-bond donors (Lipinski definition) is 2. The highest BCUT2D eigenvalue weighted by Crippen LogP contribution is 2.31. The van der Waals surface area contributed by atoms with Crippen LogP contribution in [0.5, 0.6) is 0 Å². The third kappa shape index (κ3) is 4.37. The van der Waals surface area contributed by atoms with Gasteiger partial charge in [-0.05, 0) is 68.1 Å². The molecule has 0 aliphatic carbocycles. The lowest BCUT2D eigenvalue weighted by Crippen LogP contribution is -2.32. The molecule has 0 radical (unpaired) electrons. The zero-order valence-corrected chi connectivity index (χ0v) is 18.5. The first-order valence-corrected chi connectivity index (χ1v) is 11.1. The van der Waals surface area contributed by atoms with E-state index >= 15 is 0 Å². The summed E-state index contributed by atoms with van der Waals surface area (Å²) in [5.74, 6) is -0.827. The van der Waals surface area contributed by atoms with Gasteiger partial charge in [0.1, 0.15) is 5.70 Å². The third-order valence-corrected chi connectivity index (χ3v) is 5.84. The Balaban J connectivity index is 1.62. The number of amides is 3. The Morgan fingerprint density at radius 2 is 1.50 bits per heavy atom. The lowest BCUT2D eigenvalue weighted by molar-refractivity contribution is -0.136. The molecule has 0 spiro atoms. The second-order valence-electron chi connectivity index (χ2n) is 8.08. The first kappa shape index (κ1) is 21.6. The van der Waals surface area contributed by atoms with Crippen molar-refractivity contribution < 1.29 is 14.4 Å². The lowest BCUT2D eigenvalue weighted by atomic mass is 10.0. The minimum absolute atomic E-state index is 0.170. The number of likely N-dealkylation sites (N-methyl/N-ethyl adjacent to an activating group) is 1. The number of nitrogens with zero attached hydrogens (tertiary/aromatic N) is 2. The molecule has 7 nitrogen and oxygen atoms in total. The van der Waals surface area contributed by atoms with Crippen molar-refractivity contribution >= 4 is 40.4 Å². The summed E-state index contributed by atoms with van der Waals surface area (Å²) in [4.78, 5) is 40.9. The highest BCUT2D eigenvalue weighted by molar-refractivity contribution is 6.36. The normalized spacial score (nSPS) is 16.6. The van der Waals surface area contributed by atoms with Gasteiger partial charge in [0.15, 0.2) is 0 Å². The Morgan fingerprint density at radius 1 is 0.875 bits per heavy atom. The molecule has 7 heteroatoms. The Hall–Kier alpha value is -3.61. The van der Waals surface area contributed by atoms with E-state index in [1.165, 1.54) is 36.8 Å². The number of anilines is 3. The number of benzene rings is 2. The van der Waals surface area contributed by atoms with Gasteiger partial charge in [-0.2, -0.15) is 0 Å². The van der Waals surface area contributed by atoms with Gasteiger partial charge in [-0.1, -0.05) is 12.1 Å². The Labute approximate surface area is 188 Å². The van der Waals surface area contributed by atoms with E-state index in [0.717, 1.165) is 18.8 Å². The molecule has 0 bridgehead atoms. The van der Waals surface area contributed by atoms with Crippen LogP contribution < -0.4 is 15.5 Å². The molecule has 32 heavy (non-hydrogen) atoms. The van der Waals surface area contributed by atoms with Crippen LogP contribution in [-0.4, -0.2) is 42.3 Å². The number of piperidine rings is 1. The van der Waals surface area contributed by atoms with E-state index in [2.05, 4.69) is 27.7 Å². The first-order valence-electron chi connectivity index (χ1n) is 11.1. The fourth-order valence-electron chi connectivity index (χ4n) is 4.22. The number of imide groups is 1. The molecule has 2 aliphatic heterocycles. The molecule has 1 saturated heterocycles. The average molecular weight is 433 g/mol. The van der Waals surface area contributed by atoms with Crippen molar-refractivity contribution in [2.75, 3.05) is 35.2 Å². The van der Waals surface area contributed by atoms with E-state index < -0.39 is 0 Å². The second kappa shape index (κ2) is 9.26. The molecular formula is C25H28N4O3. The lowest BCUT2D eigenvalue weighted by Gasteiger charge is -2.28. The first-order chi connectivity index (χ1) is 15.5. The summed E-state index contributed by atoms with van der Waals surface area (Å²) in [6.45, 7) is 5.64. The Bertz CT molecular complexity index is 1050. The molecule has 0 saturated carbocycles. The largest absolute Gasteiger partial charge is 0.372 e. The molecular weight excluding hydrogens is 404 g/mol. The van der Waals surface area contributed by atoms with Gasteiger partial charge in [0.25, 0.3) is 11.8 Å². The molecule has 2 aliphatic rings. The SMILES string of the molecule is CCN1C(=O)C(Nc2ccc(N3CCCCC3)cc2)=C(c2ccc(NC(C)=O)cc2)C1=O. The van der Waals surface area contributed by atoms with Crippen LogP contribution in [0.4, 0.5) is 17.1 Å². The van der Waals surface area contributed by atoms with E-state index in [0.29, 0.717) is 23.4 Å². The topological polar surface area (TPSA) is 81.8 Å². The summed E-state index contributed by atoms with van der Waals surface area (Å²) < 4.78 is 0. The van der Waals surface area contributed by atoms with E-state index in [1.807, 2.05) is 12.1 Å². The molecule has 2 N–H and O–H groups in total. The highest BCUT2D eigenvalue weighted by Gasteiger charge is 2.38. The fraction of sp³-hybridized carbons (Fsp3) is 0.320. The molecule has 0 atom stereocenters. The second-order valence-corrected chi connectivity index (χ2v) is 8.08. The number of carbonyl (C=O) groups excluding carboxylic acids is 3. The van der Waals surface area contributed by atoms with E-state index in [-0.39, 0.29) is 23.4 Å². The van der Waals surface area contributed by atoms with Crippen LogP contribution in [0.3, 0.4) is 0 Å². The summed E-state index contributed by atoms with van der Waals surface area (Å²) in [5, 5.41) is 5.90. The van der Waals surface area contributed by atoms with Gasteiger partial charge < -0.3 is 15.5 Å². The smallest absolute Gasteiger partial charge is 0.278 e. The molecule has 3 amide bonds. The van der Waals surface area contributed by atoms with Crippen LogP contribution in [0, 0.1) is 0 Å². The fourth-order valence-corrected chi connectivity index (χ4v) is 4.22. The van der Waals surface area contributed by atoms with Gasteiger partial charge in [-0.25, -0.2) is 0 Å². The molecule has 2 heterocycles.